The number of carbonyl (C=O) groups excluding carboxylic acids is 2. The Balaban J connectivity index is 1.41. The molecule has 0 saturated heterocycles. The summed E-state index contributed by atoms with van der Waals surface area (Å²) in [6.07, 6.45) is 8.87. The molecule has 2 amide bonds. The number of amides is 2. The third-order valence-corrected chi connectivity index (χ3v) is 11.4. The Kier molecular flexibility index (Phi) is 11.6. The van der Waals surface area contributed by atoms with Crippen LogP contribution in [0.25, 0.3) is 0 Å². The molecule has 5 rings (SSSR count). The number of nitrogens with one attached hydrogen (secondary N) is 1. The molecule has 2 aromatic carbocycles. The molecule has 11 heteroatoms. The van der Waals surface area contributed by atoms with E-state index in [0.717, 1.165) is 61.7 Å². The van der Waals surface area contributed by atoms with Gasteiger partial charge in [-0.25, -0.2) is 4.99 Å². The lowest BCUT2D eigenvalue weighted by molar-refractivity contribution is -0.137. The molecule has 1 aliphatic heterocycles. The van der Waals surface area contributed by atoms with Gasteiger partial charge in [0.25, 0.3) is 11.8 Å². The number of halogens is 1. The highest BCUT2D eigenvalue weighted by Gasteiger charge is 2.44. The van der Waals surface area contributed by atoms with Crippen LogP contribution in [0, 0.1) is 17.8 Å². The van der Waals surface area contributed by atoms with Crippen LogP contribution in [0.1, 0.15) is 64.5 Å². The molecule has 2 aromatic rings. The quantitative estimate of drug-likeness (QED) is 0.159. The summed E-state index contributed by atoms with van der Waals surface area (Å²) in [5, 5.41) is 0.741. The minimum Gasteiger partial charge on any atom is -0.588 e. The van der Waals surface area contributed by atoms with Crippen molar-refractivity contribution in [2.24, 2.45) is 22.7 Å². The monoisotopic (exact) mass is 697 g/mol. The van der Waals surface area contributed by atoms with Crippen LogP contribution >= 0.6 is 11.6 Å². The Bertz CT molecular complexity index is 1530. The van der Waals surface area contributed by atoms with Crippen LogP contribution in [0.5, 0.6) is 5.75 Å². The third kappa shape index (κ3) is 7.94. The summed E-state index contributed by atoms with van der Waals surface area (Å²) in [6, 6.07) is 11.8. The molecule has 1 N–H and O–H groups in total. The van der Waals surface area contributed by atoms with Crippen LogP contribution in [-0.2, 0) is 42.3 Å². The van der Waals surface area contributed by atoms with Gasteiger partial charge < -0.3 is 23.7 Å². The first-order valence-electron chi connectivity index (χ1n) is 16.7. The van der Waals surface area contributed by atoms with Crippen LogP contribution in [0.15, 0.2) is 58.4 Å². The molecular weight excluding hydrogens is 650 g/mol. The number of ether oxygens (including phenoxy) is 3. The van der Waals surface area contributed by atoms with E-state index >= 15 is 0 Å². The number of benzene rings is 2. The van der Waals surface area contributed by atoms with Crippen molar-refractivity contribution < 1.29 is 28.4 Å². The first-order valence-corrected chi connectivity index (χ1v) is 18.3. The largest absolute Gasteiger partial charge is 0.588 e. The highest BCUT2D eigenvalue weighted by Crippen LogP contribution is 2.47. The normalized spacial score (nSPS) is 23.5. The van der Waals surface area contributed by atoms with E-state index in [1.165, 1.54) is 11.1 Å². The van der Waals surface area contributed by atoms with Gasteiger partial charge in [-0.05, 0) is 99.9 Å². The number of hydrogen-bond donors (Lipinski definition) is 1. The number of aryl methyl sites for hydroxylation is 1. The van der Waals surface area contributed by atoms with Crippen LogP contribution in [-0.4, -0.2) is 68.2 Å². The minimum atomic E-state index is -1.70. The smallest absolute Gasteiger partial charge is 0.276 e. The van der Waals surface area contributed by atoms with Gasteiger partial charge >= 0.3 is 0 Å². The van der Waals surface area contributed by atoms with Crippen molar-refractivity contribution in [2.45, 2.75) is 81.8 Å². The van der Waals surface area contributed by atoms with E-state index < -0.39 is 22.9 Å². The van der Waals surface area contributed by atoms with Crippen LogP contribution in [0.3, 0.4) is 0 Å². The number of rotatable bonds is 12. The summed E-state index contributed by atoms with van der Waals surface area (Å²) in [7, 11) is 1.72. The van der Waals surface area contributed by atoms with Crippen molar-refractivity contribution in [1.82, 2.24) is 4.72 Å². The van der Waals surface area contributed by atoms with Gasteiger partial charge in [0.05, 0.1) is 25.0 Å². The van der Waals surface area contributed by atoms with Gasteiger partial charge in [0.1, 0.15) is 22.7 Å². The average molecular weight is 698 g/mol. The number of methoxy groups -OCH3 is 1. The van der Waals surface area contributed by atoms with E-state index in [2.05, 4.69) is 33.5 Å². The summed E-state index contributed by atoms with van der Waals surface area (Å²) < 4.78 is 34.3. The van der Waals surface area contributed by atoms with Gasteiger partial charge in [-0.1, -0.05) is 43.7 Å². The van der Waals surface area contributed by atoms with Crippen molar-refractivity contribution >= 4 is 47.2 Å². The Morgan fingerprint density at radius 3 is 2.75 bits per heavy atom. The molecule has 1 heterocycles. The van der Waals surface area contributed by atoms with E-state index in [1.54, 1.807) is 40.9 Å². The maximum atomic E-state index is 13.3. The zero-order valence-corrected chi connectivity index (χ0v) is 30.2. The van der Waals surface area contributed by atoms with E-state index in [4.69, 9.17) is 25.8 Å². The lowest BCUT2D eigenvalue weighted by Gasteiger charge is -2.46. The molecule has 260 valence electrons. The van der Waals surface area contributed by atoms with Crippen molar-refractivity contribution in [3.63, 3.8) is 0 Å². The van der Waals surface area contributed by atoms with Gasteiger partial charge in [-0.3, -0.25) is 9.59 Å². The van der Waals surface area contributed by atoms with Crippen LogP contribution in [0.4, 0.5) is 5.69 Å². The topological polar surface area (TPSA) is 113 Å². The first kappa shape index (κ1) is 36.4. The number of hydrogen-bond acceptors (Lipinski definition) is 7. The standard InChI is InChI=1S/C37H48ClN3O6S/c1-24(2)34(42)40-48(44)28-13-16-33-31(20-28)41(22-37(23-46-33)17-7-9-25-19-27(38)12-15-30(25)37)21-26-11-14-29(26)32(45-6)10-8-18-47-36(3,4)35(43)39-5/h8,10,12-13,15-16,19-20,24,26,29,32H,5,7,9,11,14,17-18,21-23H2,1-4,6H3,(H,40,42)/b10-8+/t26-,29+,32+,37-,48?/m0/s1. The lowest BCUT2D eigenvalue weighted by atomic mass is 9.68. The molecule has 1 saturated carbocycles. The van der Waals surface area contributed by atoms with Gasteiger partial charge in [-0.15, -0.1) is 0 Å². The molecule has 2 aliphatic carbocycles. The molecule has 0 bridgehead atoms. The maximum absolute atomic E-state index is 13.3. The first-order chi connectivity index (χ1) is 22.9. The Hall–Kier alpha value is -2.89. The number of carbonyl (C=O) groups is 2. The molecular formula is C37H48ClN3O6S. The second-order valence-corrected chi connectivity index (χ2v) is 15.7. The van der Waals surface area contributed by atoms with Gasteiger partial charge in [-0.2, -0.15) is 4.72 Å². The molecule has 5 atom stereocenters. The second kappa shape index (κ2) is 15.3. The zero-order chi connectivity index (χ0) is 34.6. The number of aliphatic imine (C=N–C) groups is 1. The highest BCUT2D eigenvalue weighted by atomic mass is 35.5. The van der Waals surface area contributed by atoms with Crippen molar-refractivity contribution in [3.05, 3.63) is 64.7 Å². The SMILES string of the molecule is C=NC(=O)C(C)(C)OC/C=C/[C@@H](OC)[C@@H]1CC[C@H]1CN1C[C@@]2(CCCc3cc(Cl)ccc32)COc2ccc([S+]([O-])NC(=O)C(C)C)cc21. The Morgan fingerprint density at radius 2 is 2.06 bits per heavy atom. The summed E-state index contributed by atoms with van der Waals surface area (Å²) in [4.78, 5) is 30.8. The summed E-state index contributed by atoms with van der Waals surface area (Å²) in [5.41, 5.74) is 2.13. The predicted molar refractivity (Wildman–Crippen MR) is 190 cm³/mol. The molecule has 1 spiro atoms. The summed E-state index contributed by atoms with van der Waals surface area (Å²) >= 11 is 4.73. The molecule has 1 unspecified atom stereocenters. The van der Waals surface area contributed by atoms with E-state index in [1.807, 2.05) is 30.4 Å². The van der Waals surface area contributed by atoms with Crippen molar-refractivity contribution in [2.75, 3.05) is 38.3 Å². The fraction of sp³-hybridized carbons (Fsp3) is 0.541. The second-order valence-electron chi connectivity index (χ2n) is 14.0. The maximum Gasteiger partial charge on any atom is 0.276 e. The van der Waals surface area contributed by atoms with E-state index in [0.29, 0.717) is 17.4 Å². The van der Waals surface area contributed by atoms with E-state index in [-0.39, 0.29) is 35.9 Å². The molecule has 0 aromatic heterocycles. The molecule has 3 aliphatic rings. The van der Waals surface area contributed by atoms with E-state index in [9.17, 15) is 14.1 Å². The van der Waals surface area contributed by atoms with Gasteiger partial charge in [0, 0.05) is 42.6 Å². The van der Waals surface area contributed by atoms with Crippen molar-refractivity contribution in [3.8, 4) is 5.75 Å². The molecule has 48 heavy (non-hydrogen) atoms. The highest BCUT2D eigenvalue weighted by molar-refractivity contribution is 7.90. The molecule has 0 radical (unpaired) electrons. The fourth-order valence-electron chi connectivity index (χ4n) is 7.11. The third-order valence-electron chi connectivity index (χ3n) is 10.1. The summed E-state index contributed by atoms with van der Waals surface area (Å²) in [6.45, 7) is 12.5. The number of anilines is 1. The minimum absolute atomic E-state index is 0.122. The number of nitrogens with zero attached hydrogens (tertiary/aromatic N) is 2. The van der Waals surface area contributed by atoms with Gasteiger partial charge in [0.15, 0.2) is 4.90 Å². The van der Waals surface area contributed by atoms with Gasteiger partial charge in [0.2, 0.25) is 0 Å². The van der Waals surface area contributed by atoms with Crippen LogP contribution in [0.2, 0.25) is 5.02 Å². The average Bonchev–Trinajstić information content (AvgIpc) is 3.20. The molecule has 1 fully saturated rings. The lowest BCUT2D eigenvalue weighted by Crippen LogP contribution is -2.49. The van der Waals surface area contributed by atoms with Crippen molar-refractivity contribution in [1.29, 1.82) is 0 Å². The number of fused-ring (bicyclic) bond motifs is 3. The predicted octanol–water partition coefficient (Wildman–Crippen LogP) is 6.23. The summed E-state index contributed by atoms with van der Waals surface area (Å²) in [5.74, 6) is 0.398. The Morgan fingerprint density at radius 1 is 1.27 bits per heavy atom. The molecule has 9 nitrogen and oxygen atoms in total. The fourth-order valence-corrected chi connectivity index (χ4v) is 8.25. The zero-order valence-electron chi connectivity index (χ0n) is 28.6. The Labute approximate surface area is 292 Å². The van der Waals surface area contributed by atoms with Crippen LogP contribution < -0.4 is 14.4 Å².